The first-order valence-electron chi connectivity index (χ1n) is 6.15. The van der Waals surface area contributed by atoms with Crippen molar-refractivity contribution < 1.29 is 5.11 Å². The van der Waals surface area contributed by atoms with Crippen LogP contribution >= 0.6 is 40.7 Å². The number of phenols is 1. The Bertz CT molecular complexity index is 387. The topological polar surface area (TPSA) is 35.5 Å². The van der Waals surface area contributed by atoms with E-state index in [1.165, 1.54) is 5.56 Å². The standard InChI is InChI=1S/C13H19BrN2O.2ClH/c1-2-12(16-7-5-15-6-8-16)10-3-4-13(17)11(14)9-10;;/h3-4,9,12,15,17H,2,5-8H2,1H3;2*1H/t12-;;/m0../s1. The maximum atomic E-state index is 9.54. The quantitative estimate of drug-likeness (QED) is 0.855. The van der Waals surface area contributed by atoms with Crippen LogP contribution in [-0.4, -0.2) is 36.2 Å². The molecular formula is C13H21BrCl2N2O. The summed E-state index contributed by atoms with van der Waals surface area (Å²) in [5, 5.41) is 12.9. The summed E-state index contributed by atoms with van der Waals surface area (Å²) in [4.78, 5) is 2.51. The molecule has 0 spiro atoms. The van der Waals surface area contributed by atoms with Crippen LogP contribution in [0.3, 0.4) is 0 Å². The molecule has 0 bridgehead atoms. The predicted octanol–water partition coefficient (Wildman–Crippen LogP) is 3.35. The number of nitrogens with one attached hydrogen (secondary N) is 1. The van der Waals surface area contributed by atoms with Crippen LogP contribution in [0.4, 0.5) is 0 Å². The average Bonchev–Trinajstić information content (AvgIpc) is 2.36. The third kappa shape index (κ3) is 4.80. The zero-order valence-electron chi connectivity index (χ0n) is 10.9. The molecule has 2 rings (SSSR count). The molecular weight excluding hydrogens is 351 g/mol. The van der Waals surface area contributed by atoms with Gasteiger partial charge >= 0.3 is 0 Å². The fraction of sp³-hybridized carbons (Fsp3) is 0.538. The minimum Gasteiger partial charge on any atom is -0.507 e. The van der Waals surface area contributed by atoms with Crippen molar-refractivity contribution in [3.63, 3.8) is 0 Å². The van der Waals surface area contributed by atoms with Crippen LogP contribution in [-0.2, 0) is 0 Å². The van der Waals surface area contributed by atoms with Gasteiger partial charge in [0, 0.05) is 32.2 Å². The first-order valence-corrected chi connectivity index (χ1v) is 6.95. The Balaban J connectivity index is 0.00000162. The smallest absolute Gasteiger partial charge is 0.129 e. The van der Waals surface area contributed by atoms with Crippen LogP contribution in [0.2, 0.25) is 0 Å². The van der Waals surface area contributed by atoms with E-state index >= 15 is 0 Å². The van der Waals surface area contributed by atoms with Crippen molar-refractivity contribution in [3.8, 4) is 5.75 Å². The number of piperazine rings is 1. The third-order valence-corrected chi connectivity index (χ3v) is 3.97. The van der Waals surface area contributed by atoms with Gasteiger partial charge in [0.2, 0.25) is 0 Å². The van der Waals surface area contributed by atoms with E-state index in [0.717, 1.165) is 37.1 Å². The van der Waals surface area contributed by atoms with E-state index < -0.39 is 0 Å². The van der Waals surface area contributed by atoms with Gasteiger partial charge in [0.25, 0.3) is 0 Å². The second kappa shape index (κ2) is 9.03. The minimum atomic E-state index is 0. The summed E-state index contributed by atoms with van der Waals surface area (Å²) >= 11 is 3.39. The maximum Gasteiger partial charge on any atom is 0.129 e. The summed E-state index contributed by atoms with van der Waals surface area (Å²) in [6, 6.07) is 6.28. The van der Waals surface area contributed by atoms with E-state index in [0.29, 0.717) is 11.8 Å². The molecule has 2 N–H and O–H groups in total. The SMILES string of the molecule is CC[C@@H](c1ccc(O)c(Br)c1)N1CCNCC1.Cl.Cl. The maximum absolute atomic E-state index is 9.54. The Morgan fingerprint density at radius 3 is 2.47 bits per heavy atom. The molecule has 0 unspecified atom stereocenters. The van der Waals surface area contributed by atoms with Gasteiger partial charge in [-0.25, -0.2) is 0 Å². The largest absolute Gasteiger partial charge is 0.507 e. The second-order valence-electron chi connectivity index (χ2n) is 4.42. The molecule has 3 nitrogen and oxygen atoms in total. The third-order valence-electron chi connectivity index (χ3n) is 3.34. The molecule has 1 atom stereocenters. The number of nitrogens with zero attached hydrogens (tertiary/aromatic N) is 1. The number of hydrogen-bond acceptors (Lipinski definition) is 3. The van der Waals surface area contributed by atoms with Gasteiger partial charge in [-0.3, -0.25) is 4.90 Å². The highest BCUT2D eigenvalue weighted by atomic mass is 79.9. The van der Waals surface area contributed by atoms with Crippen molar-refractivity contribution in [1.29, 1.82) is 0 Å². The summed E-state index contributed by atoms with van der Waals surface area (Å²) < 4.78 is 0.781. The van der Waals surface area contributed by atoms with Crippen molar-refractivity contribution >= 4 is 40.7 Å². The van der Waals surface area contributed by atoms with Crippen molar-refractivity contribution in [2.24, 2.45) is 0 Å². The van der Waals surface area contributed by atoms with Gasteiger partial charge in [0.15, 0.2) is 0 Å². The molecule has 0 saturated carbocycles. The lowest BCUT2D eigenvalue weighted by molar-refractivity contribution is 0.169. The average molecular weight is 372 g/mol. The molecule has 0 aromatic heterocycles. The first kappa shape index (κ1) is 19.0. The number of phenolic OH excluding ortho intramolecular Hbond substituents is 1. The Morgan fingerprint density at radius 1 is 1.32 bits per heavy atom. The molecule has 6 heteroatoms. The molecule has 0 radical (unpaired) electrons. The number of halogens is 3. The first-order chi connectivity index (χ1) is 8.22. The number of benzene rings is 1. The Hall–Kier alpha value is -0.000000000000000111. The van der Waals surface area contributed by atoms with Crippen LogP contribution < -0.4 is 5.32 Å². The van der Waals surface area contributed by atoms with Crippen LogP contribution in [0, 0.1) is 0 Å². The van der Waals surface area contributed by atoms with Gasteiger partial charge in [-0.15, -0.1) is 24.8 Å². The Morgan fingerprint density at radius 2 is 1.95 bits per heavy atom. The molecule has 0 aliphatic carbocycles. The molecule has 110 valence electrons. The minimum absolute atomic E-state index is 0. The molecule has 1 fully saturated rings. The van der Waals surface area contributed by atoms with E-state index in [2.05, 4.69) is 33.1 Å². The van der Waals surface area contributed by atoms with Gasteiger partial charge in [-0.1, -0.05) is 13.0 Å². The van der Waals surface area contributed by atoms with Crippen LogP contribution in [0.15, 0.2) is 22.7 Å². The highest BCUT2D eigenvalue weighted by Gasteiger charge is 2.20. The van der Waals surface area contributed by atoms with E-state index in [4.69, 9.17) is 0 Å². The Kier molecular flexibility index (Phi) is 9.03. The second-order valence-corrected chi connectivity index (χ2v) is 5.28. The van der Waals surface area contributed by atoms with E-state index in [1.54, 1.807) is 6.07 Å². The van der Waals surface area contributed by atoms with E-state index in [9.17, 15) is 5.11 Å². The van der Waals surface area contributed by atoms with E-state index in [1.807, 2.05) is 12.1 Å². The van der Waals surface area contributed by atoms with Gasteiger partial charge in [-0.05, 0) is 40.0 Å². The van der Waals surface area contributed by atoms with Gasteiger partial charge in [0.05, 0.1) is 4.47 Å². The normalized spacial score (nSPS) is 17.2. The summed E-state index contributed by atoms with van der Waals surface area (Å²) in [7, 11) is 0. The van der Waals surface area contributed by atoms with Gasteiger partial charge < -0.3 is 10.4 Å². The summed E-state index contributed by atoms with van der Waals surface area (Å²) in [5.74, 6) is 0.309. The fourth-order valence-electron chi connectivity index (χ4n) is 2.43. The lowest BCUT2D eigenvalue weighted by Crippen LogP contribution is -2.45. The summed E-state index contributed by atoms with van der Waals surface area (Å²) in [6.07, 6.45) is 1.09. The zero-order chi connectivity index (χ0) is 12.3. The van der Waals surface area contributed by atoms with Gasteiger partial charge in [-0.2, -0.15) is 0 Å². The molecule has 1 heterocycles. The predicted molar refractivity (Wildman–Crippen MR) is 87.8 cm³/mol. The monoisotopic (exact) mass is 370 g/mol. The molecule has 1 aromatic carbocycles. The fourth-order valence-corrected chi connectivity index (χ4v) is 2.83. The lowest BCUT2D eigenvalue weighted by Gasteiger charge is -2.34. The Labute approximate surface area is 135 Å². The van der Waals surface area contributed by atoms with Crippen molar-refractivity contribution in [3.05, 3.63) is 28.2 Å². The molecule has 1 saturated heterocycles. The molecule has 19 heavy (non-hydrogen) atoms. The van der Waals surface area contributed by atoms with Gasteiger partial charge in [0.1, 0.15) is 5.75 Å². The zero-order valence-corrected chi connectivity index (χ0v) is 14.2. The van der Waals surface area contributed by atoms with Crippen molar-refractivity contribution in [2.75, 3.05) is 26.2 Å². The number of aromatic hydroxyl groups is 1. The number of hydrogen-bond donors (Lipinski definition) is 2. The van der Waals surface area contributed by atoms with Crippen molar-refractivity contribution in [1.82, 2.24) is 10.2 Å². The van der Waals surface area contributed by atoms with Crippen LogP contribution in [0.25, 0.3) is 0 Å². The van der Waals surface area contributed by atoms with E-state index in [-0.39, 0.29) is 24.8 Å². The van der Waals surface area contributed by atoms with Crippen LogP contribution in [0.5, 0.6) is 5.75 Å². The summed E-state index contributed by atoms with van der Waals surface area (Å²) in [6.45, 7) is 6.53. The molecule has 0 amide bonds. The molecule has 1 aliphatic heterocycles. The number of rotatable bonds is 3. The molecule has 1 aliphatic rings. The molecule has 1 aromatic rings. The van der Waals surface area contributed by atoms with Crippen molar-refractivity contribution in [2.45, 2.75) is 19.4 Å². The highest BCUT2D eigenvalue weighted by molar-refractivity contribution is 9.10. The highest BCUT2D eigenvalue weighted by Crippen LogP contribution is 2.31. The van der Waals surface area contributed by atoms with Crippen LogP contribution in [0.1, 0.15) is 24.9 Å². The lowest BCUT2D eigenvalue weighted by atomic mass is 10.0. The summed E-state index contributed by atoms with van der Waals surface area (Å²) in [5.41, 5.74) is 1.28.